The third-order valence-electron chi connectivity index (χ3n) is 3.56. The highest BCUT2D eigenvalue weighted by atomic mass is 79.9. The minimum Gasteiger partial charge on any atom is -0.493 e. The Labute approximate surface area is 131 Å². The van der Waals surface area contributed by atoms with E-state index in [1.54, 1.807) is 18.2 Å². The third-order valence-corrected chi connectivity index (χ3v) is 4.02. The fraction of sp³-hybridized carbons (Fsp3) is 0.235. The van der Waals surface area contributed by atoms with Crippen LogP contribution in [0.25, 0.3) is 0 Å². The quantitative estimate of drug-likeness (QED) is 0.838. The van der Waals surface area contributed by atoms with Crippen LogP contribution in [0.2, 0.25) is 0 Å². The molecule has 0 spiro atoms. The fourth-order valence-electron chi connectivity index (χ4n) is 2.61. The van der Waals surface area contributed by atoms with E-state index in [1.165, 1.54) is 6.07 Å². The molecule has 0 aliphatic carbocycles. The monoisotopic (exact) mass is 348 g/mol. The molecule has 4 heteroatoms. The van der Waals surface area contributed by atoms with Crippen molar-refractivity contribution in [1.29, 1.82) is 0 Å². The molecule has 2 nitrogen and oxygen atoms in total. The van der Waals surface area contributed by atoms with Crippen LogP contribution >= 0.6 is 15.9 Å². The lowest BCUT2D eigenvalue weighted by molar-refractivity contribution is -0.117. The van der Waals surface area contributed by atoms with Crippen LogP contribution < -0.4 is 4.74 Å². The second-order valence-corrected chi connectivity index (χ2v) is 6.05. The molecule has 0 unspecified atom stereocenters. The van der Waals surface area contributed by atoms with Crippen molar-refractivity contribution in [2.45, 2.75) is 19.3 Å². The first-order valence-electron chi connectivity index (χ1n) is 6.82. The normalized spacial score (nSPS) is 12.9. The lowest BCUT2D eigenvalue weighted by Gasteiger charge is -2.09. The van der Waals surface area contributed by atoms with Gasteiger partial charge in [-0.05, 0) is 29.3 Å². The van der Waals surface area contributed by atoms with Gasteiger partial charge in [-0.15, -0.1) is 0 Å². The van der Waals surface area contributed by atoms with Gasteiger partial charge in [0, 0.05) is 29.3 Å². The van der Waals surface area contributed by atoms with Crippen LogP contribution in [0.5, 0.6) is 5.75 Å². The van der Waals surface area contributed by atoms with Crippen molar-refractivity contribution in [2.75, 3.05) is 6.61 Å². The minimum atomic E-state index is -0.332. The molecule has 1 aliphatic rings. The van der Waals surface area contributed by atoms with Gasteiger partial charge in [-0.3, -0.25) is 4.79 Å². The molecule has 108 valence electrons. The number of hydrogen-bond donors (Lipinski definition) is 0. The molecule has 1 aliphatic heterocycles. The lowest BCUT2D eigenvalue weighted by Crippen LogP contribution is -2.09. The van der Waals surface area contributed by atoms with E-state index in [4.69, 9.17) is 4.74 Å². The van der Waals surface area contributed by atoms with Crippen LogP contribution in [-0.4, -0.2) is 12.4 Å². The number of ketones is 1. The van der Waals surface area contributed by atoms with Crippen LogP contribution in [0.4, 0.5) is 4.39 Å². The maximum Gasteiger partial charge on any atom is 0.141 e. The van der Waals surface area contributed by atoms with E-state index in [0.717, 1.165) is 27.8 Å². The van der Waals surface area contributed by atoms with E-state index in [0.29, 0.717) is 12.2 Å². The average Bonchev–Trinajstić information content (AvgIpc) is 2.89. The molecule has 0 radical (unpaired) electrons. The summed E-state index contributed by atoms with van der Waals surface area (Å²) in [6.45, 7) is 0.653. The first-order chi connectivity index (χ1) is 10.1. The van der Waals surface area contributed by atoms with Crippen LogP contribution in [0.3, 0.4) is 0 Å². The van der Waals surface area contributed by atoms with Crippen molar-refractivity contribution in [3.8, 4) is 5.75 Å². The van der Waals surface area contributed by atoms with Crippen LogP contribution in [-0.2, 0) is 24.1 Å². The summed E-state index contributed by atoms with van der Waals surface area (Å²) in [7, 11) is 0. The number of benzene rings is 2. The Hall–Kier alpha value is -1.68. The van der Waals surface area contributed by atoms with Gasteiger partial charge >= 0.3 is 0 Å². The molecule has 0 atom stereocenters. The minimum absolute atomic E-state index is 0.0177. The van der Waals surface area contributed by atoms with E-state index in [1.807, 2.05) is 12.1 Å². The first-order valence-corrected chi connectivity index (χ1v) is 7.62. The number of rotatable bonds is 4. The lowest BCUT2D eigenvalue weighted by atomic mass is 10.00. The van der Waals surface area contributed by atoms with Gasteiger partial charge < -0.3 is 4.74 Å². The molecular weight excluding hydrogens is 335 g/mol. The highest BCUT2D eigenvalue weighted by molar-refractivity contribution is 9.10. The zero-order valence-corrected chi connectivity index (χ0v) is 13.0. The Kier molecular flexibility index (Phi) is 4.06. The maximum atomic E-state index is 13.6. The summed E-state index contributed by atoms with van der Waals surface area (Å²) in [6, 6.07) is 10.3. The predicted molar refractivity (Wildman–Crippen MR) is 82.2 cm³/mol. The van der Waals surface area contributed by atoms with Gasteiger partial charge in [-0.25, -0.2) is 4.39 Å². The summed E-state index contributed by atoms with van der Waals surface area (Å²) in [6.07, 6.45) is 1.23. The largest absolute Gasteiger partial charge is 0.493 e. The molecule has 2 aromatic rings. The molecule has 21 heavy (non-hydrogen) atoms. The number of carbonyl (C=O) groups is 1. The maximum absolute atomic E-state index is 13.6. The Morgan fingerprint density at radius 1 is 1.19 bits per heavy atom. The topological polar surface area (TPSA) is 26.3 Å². The molecule has 0 saturated heterocycles. The standard InChI is InChI=1S/C17H14BrFO2/c18-14-7-12-5-6-21-17(12)13(8-14)10-15(20)9-11-3-1-2-4-16(11)19/h1-4,7-8H,5-6,9-10H2. The zero-order valence-electron chi connectivity index (χ0n) is 11.4. The molecule has 0 amide bonds. The highest BCUT2D eigenvalue weighted by Crippen LogP contribution is 2.33. The van der Waals surface area contributed by atoms with Crippen molar-refractivity contribution in [2.24, 2.45) is 0 Å². The van der Waals surface area contributed by atoms with Crippen molar-refractivity contribution in [1.82, 2.24) is 0 Å². The van der Waals surface area contributed by atoms with E-state index in [9.17, 15) is 9.18 Å². The number of Topliss-reactive ketones (excluding diaryl/α,β-unsaturated/α-hetero) is 1. The number of hydrogen-bond acceptors (Lipinski definition) is 2. The molecular formula is C17H14BrFO2. The van der Waals surface area contributed by atoms with Gasteiger partial charge in [0.15, 0.2) is 0 Å². The summed E-state index contributed by atoms with van der Waals surface area (Å²) in [5.74, 6) is 0.470. The molecule has 0 aromatic heterocycles. The Morgan fingerprint density at radius 2 is 1.95 bits per heavy atom. The Morgan fingerprint density at radius 3 is 2.76 bits per heavy atom. The summed E-state index contributed by atoms with van der Waals surface area (Å²) >= 11 is 3.46. The molecule has 0 fully saturated rings. The van der Waals surface area contributed by atoms with Crippen molar-refractivity contribution < 1.29 is 13.9 Å². The number of carbonyl (C=O) groups excluding carboxylic acids is 1. The molecule has 3 rings (SSSR count). The average molecular weight is 349 g/mol. The fourth-order valence-corrected chi connectivity index (χ4v) is 3.16. The van der Waals surface area contributed by atoms with Gasteiger partial charge in [0.25, 0.3) is 0 Å². The van der Waals surface area contributed by atoms with Crippen LogP contribution in [0.1, 0.15) is 16.7 Å². The van der Waals surface area contributed by atoms with E-state index in [2.05, 4.69) is 15.9 Å². The molecule has 1 heterocycles. The van der Waals surface area contributed by atoms with Gasteiger partial charge in [0.1, 0.15) is 17.3 Å². The SMILES string of the molecule is O=C(Cc1ccccc1F)Cc1cc(Br)cc2c1OCC2. The zero-order chi connectivity index (χ0) is 14.8. The van der Waals surface area contributed by atoms with E-state index in [-0.39, 0.29) is 24.4 Å². The first kappa shape index (κ1) is 14.3. The van der Waals surface area contributed by atoms with Crippen molar-refractivity contribution >= 4 is 21.7 Å². The van der Waals surface area contributed by atoms with Crippen molar-refractivity contribution in [3.05, 3.63) is 63.4 Å². The number of ether oxygens (including phenoxy) is 1. The summed E-state index contributed by atoms with van der Waals surface area (Å²) in [5, 5.41) is 0. The Balaban J connectivity index is 1.78. The molecule has 2 aromatic carbocycles. The van der Waals surface area contributed by atoms with Gasteiger partial charge in [-0.1, -0.05) is 34.1 Å². The van der Waals surface area contributed by atoms with Gasteiger partial charge in [0.2, 0.25) is 0 Å². The van der Waals surface area contributed by atoms with E-state index >= 15 is 0 Å². The van der Waals surface area contributed by atoms with Gasteiger partial charge in [0.05, 0.1) is 6.61 Å². The van der Waals surface area contributed by atoms with Crippen LogP contribution in [0.15, 0.2) is 40.9 Å². The molecule has 0 bridgehead atoms. The highest BCUT2D eigenvalue weighted by Gasteiger charge is 2.19. The number of fused-ring (bicyclic) bond motifs is 1. The third kappa shape index (κ3) is 3.16. The van der Waals surface area contributed by atoms with Crippen molar-refractivity contribution in [3.63, 3.8) is 0 Å². The smallest absolute Gasteiger partial charge is 0.141 e. The molecule has 0 N–H and O–H groups in total. The van der Waals surface area contributed by atoms with E-state index < -0.39 is 0 Å². The Bertz CT molecular complexity index is 697. The second kappa shape index (κ2) is 5.98. The van der Waals surface area contributed by atoms with Gasteiger partial charge in [-0.2, -0.15) is 0 Å². The number of halogens is 2. The predicted octanol–water partition coefficient (Wildman–Crippen LogP) is 3.88. The summed E-state index contributed by atoms with van der Waals surface area (Å²) in [5.41, 5.74) is 2.44. The molecule has 0 saturated carbocycles. The second-order valence-electron chi connectivity index (χ2n) is 5.14. The summed E-state index contributed by atoms with van der Waals surface area (Å²) < 4.78 is 20.1. The van der Waals surface area contributed by atoms with Crippen LogP contribution in [0, 0.1) is 5.82 Å². The summed E-state index contributed by atoms with van der Waals surface area (Å²) in [4.78, 5) is 12.2.